The minimum absolute atomic E-state index is 0.102. The first-order chi connectivity index (χ1) is 18.5. The van der Waals surface area contributed by atoms with E-state index in [4.69, 9.17) is 9.84 Å². The largest absolute Gasteiger partial charge is 0.497 e. The molecule has 2 N–H and O–H groups in total. The van der Waals surface area contributed by atoms with Gasteiger partial charge in [0.2, 0.25) is 5.91 Å². The second-order valence-corrected chi connectivity index (χ2v) is 9.01. The molecule has 0 radical (unpaired) electrons. The average molecular weight is 512 g/mol. The number of hydrogen-bond donors (Lipinski definition) is 2. The molecule has 4 rings (SSSR count). The monoisotopic (exact) mass is 511 g/mol. The van der Waals surface area contributed by atoms with Crippen LogP contribution in [0.1, 0.15) is 25.3 Å². The fourth-order valence-electron chi connectivity index (χ4n) is 3.96. The molecule has 0 saturated heterocycles. The number of carbonyl (C=O) groups excluding carboxylic acids is 2. The Morgan fingerprint density at radius 2 is 1.71 bits per heavy atom. The smallest absolute Gasteiger partial charge is 0.322 e. The number of rotatable bonds is 10. The summed E-state index contributed by atoms with van der Waals surface area (Å²) in [6, 6.07) is 26.3. The number of amides is 3. The van der Waals surface area contributed by atoms with Gasteiger partial charge in [0.05, 0.1) is 18.5 Å². The van der Waals surface area contributed by atoms with Gasteiger partial charge in [0.25, 0.3) is 0 Å². The standard InChI is InChI=1S/C30H33N5O3/c1-4-5-18-34(30(37)31-24-12-9-13-26(19-24)38-3)21-29(36)32-28-20-27(23-10-7-6-8-11-23)33-35(28)25-16-14-22(2)15-17-25/h6-17,19-20H,4-5,18,21H2,1-3H3,(H,31,37)(H,32,36). The SMILES string of the molecule is CCCCN(CC(=O)Nc1cc(-c2ccccc2)nn1-c1ccc(C)cc1)C(=O)Nc1cccc(OC)c1. The lowest BCUT2D eigenvalue weighted by Gasteiger charge is -2.22. The van der Waals surface area contributed by atoms with E-state index in [1.165, 1.54) is 4.90 Å². The topological polar surface area (TPSA) is 88.5 Å². The molecule has 3 aromatic carbocycles. The number of urea groups is 1. The molecule has 0 aliphatic heterocycles. The van der Waals surface area contributed by atoms with Crippen molar-refractivity contribution < 1.29 is 14.3 Å². The van der Waals surface area contributed by atoms with Crippen molar-refractivity contribution in [3.63, 3.8) is 0 Å². The number of methoxy groups -OCH3 is 1. The number of benzene rings is 3. The van der Waals surface area contributed by atoms with Crippen molar-refractivity contribution in [2.75, 3.05) is 30.8 Å². The van der Waals surface area contributed by atoms with Gasteiger partial charge < -0.3 is 20.3 Å². The van der Waals surface area contributed by atoms with Crippen LogP contribution in [0.2, 0.25) is 0 Å². The molecule has 0 unspecified atom stereocenters. The van der Waals surface area contributed by atoms with Gasteiger partial charge in [-0.1, -0.05) is 67.4 Å². The summed E-state index contributed by atoms with van der Waals surface area (Å²) in [6.07, 6.45) is 1.67. The lowest BCUT2D eigenvalue weighted by Crippen LogP contribution is -2.41. The molecule has 0 saturated carbocycles. The molecule has 1 aromatic heterocycles. The predicted molar refractivity (Wildman–Crippen MR) is 151 cm³/mol. The number of carbonyl (C=O) groups is 2. The third kappa shape index (κ3) is 6.79. The van der Waals surface area contributed by atoms with Crippen LogP contribution in [0.4, 0.5) is 16.3 Å². The van der Waals surface area contributed by atoms with Gasteiger partial charge in [0, 0.05) is 29.9 Å². The number of unbranched alkanes of at least 4 members (excludes halogenated alkanes) is 1. The molecule has 0 fully saturated rings. The molecule has 0 spiro atoms. The minimum atomic E-state index is -0.348. The normalized spacial score (nSPS) is 10.6. The van der Waals surface area contributed by atoms with Gasteiger partial charge >= 0.3 is 6.03 Å². The average Bonchev–Trinajstić information content (AvgIpc) is 3.35. The fourth-order valence-corrected chi connectivity index (χ4v) is 3.96. The van der Waals surface area contributed by atoms with Crippen molar-refractivity contribution in [2.45, 2.75) is 26.7 Å². The Hall–Kier alpha value is -4.59. The Kier molecular flexibility index (Phi) is 8.77. The summed E-state index contributed by atoms with van der Waals surface area (Å²) in [6.45, 7) is 4.41. The molecular formula is C30H33N5O3. The molecule has 8 heteroatoms. The number of anilines is 2. The highest BCUT2D eigenvalue weighted by Crippen LogP contribution is 2.25. The highest BCUT2D eigenvalue weighted by Gasteiger charge is 2.20. The van der Waals surface area contributed by atoms with Crippen molar-refractivity contribution in [3.05, 3.63) is 90.5 Å². The molecule has 196 valence electrons. The van der Waals surface area contributed by atoms with E-state index in [1.54, 1.807) is 36.1 Å². The van der Waals surface area contributed by atoms with Crippen LogP contribution in [-0.2, 0) is 4.79 Å². The van der Waals surface area contributed by atoms with Gasteiger partial charge in [-0.25, -0.2) is 9.48 Å². The molecule has 8 nitrogen and oxygen atoms in total. The number of nitrogens with zero attached hydrogens (tertiary/aromatic N) is 3. The van der Waals surface area contributed by atoms with Crippen LogP contribution in [-0.4, -0.2) is 46.8 Å². The van der Waals surface area contributed by atoms with Crippen LogP contribution >= 0.6 is 0 Å². The molecular weight excluding hydrogens is 478 g/mol. The summed E-state index contributed by atoms with van der Waals surface area (Å²) in [4.78, 5) is 27.8. The number of nitrogens with one attached hydrogen (secondary N) is 2. The van der Waals surface area contributed by atoms with Crippen LogP contribution in [0.5, 0.6) is 5.75 Å². The Labute approximate surface area is 223 Å². The van der Waals surface area contributed by atoms with Crippen LogP contribution in [0, 0.1) is 6.92 Å². The van der Waals surface area contributed by atoms with Gasteiger partial charge in [0.15, 0.2) is 0 Å². The van der Waals surface area contributed by atoms with Crippen molar-refractivity contribution >= 4 is 23.4 Å². The zero-order chi connectivity index (χ0) is 26.9. The number of aryl methyl sites for hydroxylation is 1. The van der Waals surface area contributed by atoms with Gasteiger partial charge in [-0.3, -0.25) is 4.79 Å². The Balaban J connectivity index is 1.54. The number of ether oxygens (including phenoxy) is 1. The molecule has 0 aliphatic carbocycles. The number of aromatic nitrogens is 2. The maximum absolute atomic E-state index is 13.2. The zero-order valence-corrected chi connectivity index (χ0v) is 22.0. The van der Waals surface area contributed by atoms with Crippen LogP contribution < -0.4 is 15.4 Å². The van der Waals surface area contributed by atoms with Crippen molar-refractivity contribution in [2.24, 2.45) is 0 Å². The van der Waals surface area contributed by atoms with E-state index in [1.807, 2.05) is 74.5 Å². The highest BCUT2D eigenvalue weighted by atomic mass is 16.5. The molecule has 0 bridgehead atoms. The van der Waals surface area contributed by atoms with Crippen molar-refractivity contribution in [1.29, 1.82) is 0 Å². The second kappa shape index (κ2) is 12.6. The summed E-state index contributed by atoms with van der Waals surface area (Å²) in [5, 5.41) is 10.6. The molecule has 0 atom stereocenters. The van der Waals surface area contributed by atoms with Crippen molar-refractivity contribution in [1.82, 2.24) is 14.7 Å². The van der Waals surface area contributed by atoms with E-state index in [2.05, 4.69) is 10.6 Å². The van der Waals surface area contributed by atoms with Gasteiger partial charge in [-0.15, -0.1) is 0 Å². The summed E-state index contributed by atoms with van der Waals surface area (Å²) in [5.74, 6) is 0.857. The Morgan fingerprint density at radius 3 is 2.42 bits per heavy atom. The molecule has 0 aliphatic rings. The predicted octanol–water partition coefficient (Wildman–Crippen LogP) is 6.13. The van der Waals surface area contributed by atoms with Crippen LogP contribution in [0.15, 0.2) is 84.9 Å². The summed E-state index contributed by atoms with van der Waals surface area (Å²) >= 11 is 0. The first-order valence-electron chi connectivity index (χ1n) is 12.7. The van der Waals surface area contributed by atoms with Crippen LogP contribution in [0.25, 0.3) is 16.9 Å². The van der Waals surface area contributed by atoms with Gasteiger partial charge in [-0.05, 0) is 37.6 Å². The third-order valence-electron chi connectivity index (χ3n) is 6.05. The molecule has 1 heterocycles. The fraction of sp³-hybridized carbons (Fsp3) is 0.233. The Bertz CT molecular complexity index is 1370. The van der Waals surface area contributed by atoms with Gasteiger partial charge in [-0.2, -0.15) is 5.10 Å². The highest BCUT2D eigenvalue weighted by molar-refractivity contribution is 5.97. The van der Waals surface area contributed by atoms with E-state index in [0.717, 1.165) is 35.3 Å². The Morgan fingerprint density at radius 1 is 0.947 bits per heavy atom. The number of hydrogen-bond acceptors (Lipinski definition) is 4. The first kappa shape index (κ1) is 26.5. The van der Waals surface area contributed by atoms with Gasteiger partial charge in [0.1, 0.15) is 18.1 Å². The maximum Gasteiger partial charge on any atom is 0.322 e. The third-order valence-corrected chi connectivity index (χ3v) is 6.05. The lowest BCUT2D eigenvalue weighted by atomic mass is 10.1. The van der Waals surface area contributed by atoms with Crippen molar-refractivity contribution in [3.8, 4) is 22.7 Å². The summed E-state index contributed by atoms with van der Waals surface area (Å²) in [7, 11) is 1.57. The summed E-state index contributed by atoms with van der Waals surface area (Å²) < 4.78 is 6.96. The maximum atomic E-state index is 13.2. The quantitative estimate of drug-likeness (QED) is 0.268. The molecule has 4 aromatic rings. The lowest BCUT2D eigenvalue weighted by molar-refractivity contribution is -0.116. The van der Waals surface area contributed by atoms with E-state index in [-0.39, 0.29) is 18.5 Å². The van der Waals surface area contributed by atoms with E-state index < -0.39 is 0 Å². The van der Waals surface area contributed by atoms with Crippen LogP contribution in [0.3, 0.4) is 0 Å². The van der Waals surface area contributed by atoms with E-state index >= 15 is 0 Å². The summed E-state index contributed by atoms with van der Waals surface area (Å²) in [5.41, 5.74) is 4.23. The molecule has 38 heavy (non-hydrogen) atoms. The van der Waals surface area contributed by atoms with E-state index in [9.17, 15) is 9.59 Å². The van der Waals surface area contributed by atoms with E-state index in [0.29, 0.717) is 23.8 Å². The molecule has 3 amide bonds. The minimum Gasteiger partial charge on any atom is -0.497 e. The first-order valence-corrected chi connectivity index (χ1v) is 12.7. The second-order valence-electron chi connectivity index (χ2n) is 9.01. The zero-order valence-electron chi connectivity index (χ0n) is 22.0.